The highest BCUT2D eigenvalue weighted by Gasteiger charge is 2.45. The Hall–Kier alpha value is -3.03. The van der Waals surface area contributed by atoms with E-state index in [1.807, 2.05) is 65.6 Å². The van der Waals surface area contributed by atoms with E-state index in [1.165, 1.54) is 17.2 Å². The lowest BCUT2D eigenvalue weighted by molar-refractivity contribution is -0.0483. The normalized spacial score (nSPS) is 22.6. The second-order valence-electron chi connectivity index (χ2n) is 9.63. The van der Waals surface area contributed by atoms with Gasteiger partial charge in [-0.15, -0.1) is 0 Å². The molecule has 16 heteroatoms. The Morgan fingerprint density at radius 3 is 2.07 bits per heavy atom. The third kappa shape index (κ3) is 7.07. The molecule has 0 aliphatic carbocycles. The molecule has 1 saturated heterocycles. The molecule has 1 aliphatic rings. The van der Waals surface area contributed by atoms with Crippen molar-refractivity contribution in [2.45, 2.75) is 37.6 Å². The van der Waals surface area contributed by atoms with Gasteiger partial charge in [0.1, 0.15) is 24.6 Å². The van der Waals surface area contributed by atoms with E-state index in [-0.39, 0.29) is 0 Å². The second kappa shape index (κ2) is 12.1. The molecular weight excluding hydrogens is 576 g/mol. The Kier molecular flexibility index (Phi) is 8.67. The highest BCUT2D eigenvalue weighted by atomic mass is 31.2. The molecule has 5 atom stereocenters. The van der Waals surface area contributed by atoms with E-state index in [4.69, 9.17) is 19.0 Å². The molecule has 5 rings (SSSR count). The van der Waals surface area contributed by atoms with Crippen molar-refractivity contribution < 1.29 is 43.3 Å². The average molecular weight is 605 g/mol. The first-order chi connectivity index (χ1) is 19.5. The fraction of sp³-hybridized carbons (Fsp3) is 0.320. The Bertz CT molecular complexity index is 1530. The first-order valence-electron chi connectivity index (χ1n) is 12.5. The van der Waals surface area contributed by atoms with Crippen LogP contribution in [0.4, 0.5) is 5.82 Å². The number of hydrogen-bond acceptors (Lipinski definition) is 10. The Morgan fingerprint density at radius 1 is 0.878 bits per heavy atom. The van der Waals surface area contributed by atoms with Gasteiger partial charge in [-0.25, -0.2) is 15.0 Å². The minimum absolute atomic E-state index is 0.313. The van der Waals surface area contributed by atoms with Crippen molar-refractivity contribution in [2.75, 3.05) is 17.4 Å². The molecular formula is C25H29N5O9P2. The van der Waals surface area contributed by atoms with Gasteiger partial charge in [0.15, 0.2) is 29.1 Å². The maximum Gasteiger partial charge on any atom is 0.340 e. The smallest absolute Gasteiger partial charge is 0.340 e. The molecule has 2 aromatic heterocycles. The summed E-state index contributed by atoms with van der Waals surface area (Å²) in [6, 6.07) is 19.7. The zero-order chi connectivity index (χ0) is 29.2. The SMILES string of the molecule is O=P(O)(O)CP(=O)(O)OC[C@H]1O[C@@H](n2cnc3c(N(Cc4ccccc4)Cc4ccccc4)ncnc32)[C@H](O)[C@@H]1O. The van der Waals surface area contributed by atoms with Crippen LogP contribution in [0, 0.1) is 0 Å². The Labute approximate surface area is 234 Å². The monoisotopic (exact) mass is 605 g/mol. The topological polar surface area (TPSA) is 201 Å². The van der Waals surface area contributed by atoms with Gasteiger partial charge in [-0.05, 0) is 11.1 Å². The largest absolute Gasteiger partial charge is 0.387 e. The summed E-state index contributed by atoms with van der Waals surface area (Å²) in [6.07, 6.45) is -2.76. The third-order valence-electron chi connectivity index (χ3n) is 6.49. The summed E-state index contributed by atoms with van der Waals surface area (Å²) in [5.74, 6) is -0.851. The summed E-state index contributed by atoms with van der Waals surface area (Å²) in [5, 5.41) is 21.3. The quantitative estimate of drug-likeness (QED) is 0.156. The van der Waals surface area contributed by atoms with Crippen molar-refractivity contribution in [1.82, 2.24) is 19.5 Å². The molecule has 5 N–H and O–H groups in total. The standard InChI is InChI=1S/C25H29N5O9P2/c31-21-19(13-38-41(36,37)16-40(33,34)35)39-25(22(21)32)30-15-28-20-23(26-14-27-24(20)30)29(11-17-7-3-1-4-8-17)12-18-9-5-2-6-10-18/h1-10,14-15,19,21-22,25,31-32H,11-13,16H2,(H,36,37)(H2,33,34,35)/t19-,21-,22-,25-/m1/s1. The van der Waals surface area contributed by atoms with E-state index >= 15 is 0 Å². The van der Waals surface area contributed by atoms with Crippen LogP contribution in [0.1, 0.15) is 17.4 Å². The first-order valence-corrected chi connectivity index (χ1v) is 16.1. The zero-order valence-electron chi connectivity index (χ0n) is 21.6. The summed E-state index contributed by atoms with van der Waals surface area (Å²) < 4.78 is 35.1. The van der Waals surface area contributed by atoms with Crippen molar-refractivity contribution in [1.29, 1.82) is 0 Å². The molecule has 0 radical (unpaired) electrons. The lowest BCUT2D eigenvalue weighted by Gasteiger charge is -2.24. The molecule has 3 heterocycles. The van der Waals surface area contributed by atoms with Crippen molar-refractivity contribution in [2.24, 2.45) is 0 Å². The van der Waals surface area contributed by atoms with Gasteiger partial charge in [0.25, 0.3) is 0 Å². The predicted molar refractivity (Wildman–Crippen MR) is 147 cm³/mol. The number of aliphatic hydroxyl groups is 2. The summed E-state index contributed by atoms with van der Waals surface area (Å²) >= 11 is 0. The summed E-state index contributed by atoms with van der Waals surface area (Å²) in [7, 11) is -9.52. The van der Waals surface area contributed by atoms with Crippen LogP contribution in [0.15, 0.2) is 73.3 Å². The van der Waals surface area contributed by atoms with Crippen LogP contribution in [-0.4, -0.2) is 75.2 Å². The number of imidazole rings is 1. The van der Waals surface area contributed by atoms with Gasteiger partial charge >= 0.3 is 15.2 Å². The molecule has 0 spiro atoms. The number of aliphatic hydroxyl groups excluding tert-OH is 2. The predicted octanol–water partition coefficient (Wildman–Crippen LogP) is 1.99. The molecule has 1 unspecified atom stereocenters. The van der Waals surface area contributed by atoms with Crippen LogP contribution >= 0.6 is 15.2 Å². The van der Waals surface area contributed by atoms with Gasteiger partial charge in [-0.2, -0.15) is 0 Å². The molecule has 0 saturated carbocycles. The third-order valence-corrected chi connectivity index (χ3v) is 9.94. The van der Waals surface area contributed by atoms with E-state index in [2.05, 4.69) is 15.0 Å². The van der Waals surface area contributed by atoms with E-state index in [9.17, 15) is 24.2 Å². The number of nitrogens with zero attached hydrogens (tertiary/aromatic N) is 5. The van der Waals surface area contributed by atoms with Crippen LogP contribution in [0.25, 0.3) is 11.2 Å². The Balaban J connectivity index is 1.41. The lowest BCUT2D eigenvalue weighted by Crippen LogP contribution is -2.33. The van der Waals surface area contributed by atoms with Gasteiger partial charge < -0.3 is 39.1 Å². The molecule has 218 valence electrons. The summed E-state index contributed by atoms with van der Waals surface area (Å²) in [6.45, 7) is 0.341. The molecule has 1 aliphatic heterocycles. The molecule has 4 aromatic rings. The fourth-order valence-corrected chi connectivity index (χ4v) is 7.20. The van der Waals surface area contributed by atoms with Gasteiger partial charge in [0, 0.05) is 13.1 Å². The highest BCUT2D eigenvalue weighted by molar-refractivity contribution is 7.70. The first kappa shape index (κ1) is 29.5. The van der Waals surface area contributed by atoms with Crippen LogP contribution < -0.4 is 4.90 Å². The molecule has 1 fully saturated rings. The minimum atomic E-state index is -4.83. The number of benzene rings is 2. The lowest BCUT2D eigenvalue weighted by atomic mass is 10.1. The van der Waals surface area contributed by atoms with Crippen molar-refractivity contribution in [3.63, 3.8) is 0 Å². The van der Waals surface area contributed by atoms with Crippen LogP contribution in [0.5, 0.6) is 0 Å². The molecule has 41 heavy (non-hydrogen) atoms. The van der Waals surface area contributed by atoms with E-state index in [0.717, 1.165) is 11.1 Å². The van der Waals surface area contributed by atoms with Gasteiger partial charge in [-0.1, -0.05) is 60.7 Å². The van der Waals surface area contributed by atoms with E-state index < -0.39 is 52.2 Å². The molecule has 0 bridgehead atoms. The van der Waals surface area contributed by atoms with E-state index in [0.29, 0.717) is 30.1 Å². The number of ether oxygens (including phenoxy) is 1. The fourth-order valence-electron chi connectivity index (χ4n) is 4.63. The van der Waals surface area contributed by atoms with Crippen molar-refractivity contribution in [3.05, 3.63) is 84.4 Å². The number of fused-ring (bicyclic) bond motifs is 1. The van der Waals surface area contributed by atoms with Gasteiger partial charge in [0.05, 0.1) is 12.9 Å². The maximum absolute atomic E-state index is 12.0. The second-order valence-corrected chi connectivity index (χ2v) is 13.6. The van der Waals surface area contributed by atoms with E-state index in [1.54, 1.807) is 0 Å². The van der Waals surface area contributed by atoms with Crippen LogP contribution in [0.2, 0.25) is 0 Å². The van der Waals surface area contributed by atoms with Crippen molar-refractivity contribution >= 4 is 32.2 Å². The van der Waals surface area contributed by atoms with Gasteiger partial charge in [-0.3, -0.25) is 13.7 Å². The number of aromatic nitrogens is 4. The highest BCUT2D eigenvalue weighted by Crippen LogP contribution is 2.55. The van der Waals surface area contributed by atoms with Gasteiger partial charge in [0.2, 0.25) is 0 Å². The zero-order valence-corrected chi connectivity index (χ0v) is 23.4. The molecule has 14 nitrogen and oxygen atoms in total. The molecule has 0 amide bonds. The number of rotatable bonds is 11. The van der Waals surface area contributed by atoms with Crippen LogP contribution in [-0.2, 0) is 31.5 Å². The minimum Gasteiger partial charge on any atom is -0.387 e. The molecule has 2 aromatic carbocycles. The maximum atomic E-state index is 12.0. The average Bonchev–Trinajstić information content (AvgIpc) is 3.47. The van der Waals surface area contributed by atoms with Crippen LogP contribution in [0.3, 0.4) is 0 Å². The summed E-state index contributed by atoms with van der Waals surface area (Å²) in [5.41, 5.74) is 2.84. The van der Waals surface area contributed by atoms with Crippen molar-refractivity contribution in [3.8, 4) is 0 Å². The summed E-state index contributed by atoms with van der Waals surface area (Å²) in [4.78, 5) is 43.1. The number of hydrogen-bond donors (Lipinski definition) is 5. The Morgan fingerprint density at radius 2 is 1.49 bits per heavy atom. The number of anilines is 1.